The van der Waals surface area contributed by atoms with Gasteiger partial charge in [-0.1, -0.05) is 0 Å². The van der Waals surface area contributed by atoms with E-state index in [1.54, 1.807) is 0 Å². The second-order valence-corrected chi connectivity index (χ2v) is 6.19. The first-order valence-corrected chi connectivity index (χ1v) is 7.27. The summed E-state index contributed by atoms with van der Waals surface area (Å²) in [6.07, 6.45) is -0.429. The van der Waals surface area contributed by atoms with Gasteiger partial charge in [0.1, 0.15) is 5.60 Å². The summed E-state index contributed by atoms with van der Waals surface area (Å²) in [5.74, 6) is -0.101. The largest absolute Gasteiger partial charge is 0.444 e. The van der Waals surface area contributed by atoms with Crippen LogP contribution in [0.1, 0.15) is 34.6 Å². The zero-order valence-corrected chi connectivity index (χ0v) is 13.8. The summed E-state index contributed by atoms with van der Waals surface area (Å²) >= 11 is 0. The van der Waals surface area contributed by atoms with Crippen molar-refractivity contribution in [3.63, 3.8) is 0 Å². The van der Waals surface area contributed by atoms with Crippen molar-refractivity contribution in [1.29, 1.82) is 0 Å². The predicted octanol–water partition coefficient (Wildman–Crippen LogP) is 2.97. The SMILES string of the molecule is CC(=O)Nc1ccc(NC(C)CNC(=O)OC(C)(C)C)cc1. The molecular formula is C16H25N3O3. The molecule has 0 saturated heterocycles. The highest BCUT2D eigenvalue weighted by atomic mass is 16.6. The summed E-state index contributed by atoms with van der Waals surface area (Å²) in [5, 5.41) is 8.68. The maximum atomic E-state index is 11.6. The summed E-state index contributed by atoms with van der Waals surface area (Å²) in [5.41, 5.74) is 1.16. The van der Waals surface area contributed by atoms with Gasteiger partial charge in [-0.25, -0.2) is 4.79 Å². The van der Waals surface area contributed by atoms with Crippen molar-refractivity contribution in [3.05, 3.63) is 24.3 Å². The number of hydrogen-bond donors (Lipinski definition) is 3. The van der Waals surface area contributed by atoms with Gasteiger partial charge >= 0.3 is 6.09 Å². The molecule has 0 bridgehead atoms. The molecule has 6 nitrogen and oxygen atoms in total. The van der Waals surface area contributed by atoms with Crippen LogP contribution in [0.25, 0.3) is 0 Å². The number of carbonyl (C=O) groups excluding carboxylic acids is 2. The van der Waals surface area contributed by atoms with Gasteiger partial charge in [0.25, 0.3) is 0 Å². The van der Waals surface area contributed by atoms with Crippen molar-refractivity contribution >= 4 is 23.4 Å². The molecule has 0 heterocycles. The Hall–Kier alpha value is -2.24. The van der Waals surface area contributed by atoms with Gasteiger partial charge < -0.3 is 20.7 Å². The standard InChI is InChI=1S/C16H25N3O3/c1-11(10-17-15(21)22-16(3,4)5)18-13-6-8-14(9-7-13)19-12(2)20/h6-9,11,18H,10H2,1-5H3,(H,17,21)(H,19,20). The van der Waals surface area contributed by atoms with Crippen LogP contribution in [0.2, 0.25) is 0 Å². The van der Waals surface area contributed by atoms with E-state index >= 15 is 0 Å². The Morgan fingerprint density at radius 1 is 1.14 bits per heavy atom. The molecule has 1 rings (SSSR count). The molecule has 0 aliphatic carbocycles. The summed E-state index contributed by atoms with van der Waals surface area (Å²) in [6.45, 7) is 9.35. The number of rotatable bonds is 5. The Morgan fingerprint density at radius 3 is 2.18 bits per heavy atom. The van der Waals surface area contributed by atoms with Crippen molar-refractivity contribution in [2.75, 3.05) is 17.2 Å². The molecule has 1 aromatic carbocycles. The van der Waals surface area contributed by atoms with Crippen molar-refractivity contribution in [3.8, 4) is 0 Å². The van der Waals surface area contributed by atoms with E-state index < -0.39 is 11.7 Å². The number of anilines is 2. The monoisotopic (exact) mass is 307 g/mol. The Morgan fingerprint density at radius 2 is 1.68 bits per heavy atom. The molecule has 2 amide bonds. The first-order chi connectivity index (χ1) is 10.2. The van der Waals surface area contributed by atoms with Gasteiger partial charge in [0, 0.05) is 30.9 Å². The summed E-state index contributed by atoms with van der Waals surface area (Å²) < 4.78 is 5.17. The minimum absolute atomic E-state index is 0.0409. The Bertz CT molecular complexity index is 506. The fourth-order valence-corrected chi connectivity index (χ4v) is 1.74. The molecule has 1 aromatic rings. The van der Waals surface area contributed by atoms with Crippen LogP contribution < -0.4 is 16.0 Å². The molecule has 22 heavy (non-hydrogen) atoms. The predicted molar refractivity (Wildman–Crippen MR) is 88.1 cm³/mol. The number of nitrogens with one attached hydrogen (secondary N) is 3. The maximum absolute atomic E-state index is 11.6. The summed E-state index contributed by atoms with van der Waals surface area (Å²) in [7, 11) is 0. The lowest BCUT2D eigenvalue weighted by atomic mass is 10.2. The normalized spacial score (nSPS) is 12.2. The first-order valence-electron chi connectivity index (χ1n) is 7.27. The average molecular weight is 307 g/mol. The molecule has 0 fully saturated rings. The number of benzene rings is 1. The smallest absolute Gasteiger partial charge is 0.407 e. The second kappa shape index (κ2) is 7.68. The zero-order chi connectivity index (χ0) is 16.8. The highest BCUT2D eigenvalue weighted by Gasteiger charge is 2.16. The third-order valence-corrected chi connectivity index (χ3v) is 2.57. The number of carbonyl (C=O) groups is 2. The van der Waals surface area contributed by atoms with E-state index in [1.165, 1.54) is 6.92 Å². The van der Waals surface area contributed by atoms with Crippen molar-refractivity contribution in [2.24, 2.45) is 0 Å². The quantitative estimate of drug-likeness (QED) is 0.781. The number of ether oxygens (including phenoxy) is 1. The van der Waals surface area contributed by atoms with Gasteiger partial charge in [0.2, 0.25) is 5.91 Å². The van der Waals surface area contributed by atoms with E-state index in [0.29, 0.717) is 6.54 Å². The molecule has 0 spiro atoms. The molecule has 0 aromatic heterocycles. The van der Waals surface area contributed by atoms with E-state index in [4.69, 9.17) is 4.74 Å². The fourth-order valence-electron chi connectivity index (χ4n) is 1.74. The van der Waals surface area contributed by atoms with Gasteiger partial charge in [-0.3, -0.25) is 4.79 Å². The molecule has 1 unspecified atom stereocenters. The van der Waals surface area contributed by atoms with Crippen LogP contribution >= 0.6 is 0 Å². The van der Waals surface area contributed by atoms with Crippen LogP contribution in [-0.4, -0.2) is 30.2 Å². The third kappa shape index (κ3) is 7.52. The second-order valence-electron chi connectivity index (χ2n) is 6.19. The van der Waals surface area contributed by atoms with E-state index in [0.717, 1.165) is 11.4 Å². The highest BCUT2D eigenvalue weighted by Crippen LogP contribution is 2.14. The van der Waals surface area contributed by atoms with Crippen LogP contribution in [0.5, 0.6) is 0 Å². The fraction of sp³-hybridized carbons (Fsp3) is 0.500. The van der Waals surface area contributed by atoms with Gasteiger partial charge in [-0.2, -0.15) is 0 Å². The van der Waals surface area contributed by atoms with Crippen molar-refractivity contribution < 1.29 is 14.3 Å². The molecule has 0 aliphatic rings. The van der Waals surface area contributed by atoms with Crippen molar-refractivity contribution in [1.82, 2.24) is 5.32 Å². The average Bonchev–Trinajstić information content (AvgIpc) is 2.36. The number of alkyl carbamates (subject to hydrolysis) is 1. The van der Waals surface area contributed by atoms with Crippen LogP contribution in [0.15, 0.2) is 24.3 Å². The lowest BCUT2D eigenvalue weighted by Gasteiger charge is -2.21. The minimum atomic E-state index is -0.500. The van der Waals surface area contributed by atoms with E-state index in [9.17, 15) is 9.59 Å². The molecule has 3 N–H and O–H groups in total. The van der Waals surface area contributed by atoms with Crippen LogP contribution in [0.4, 0.5) is 16.2 Å². The van der Waals surface area contributed by atoms with Gasteiger partial charge in [-0.05, 0) is 52.0 Å². The lowest BCUT2D eigenvalue weighted by molar-refractivity contribution is -0.114. The van der Waals surface area contributed by atoms with Gasteiger partial charge in [0.05, 0.1) is 0 Å². The highest BCUT2D eigenvalue weighted by molar-refractivity contribution is 5.88. The molecule has 0 saturated carbocycles. The van der Waals surface area contributed by atoms with Gasteiger partial charge in [-0.15, -0.1) is 0 Å². The van der Waals surface area contributed by atoms with E-state index in [-0.39, 0.29) is 11.9 Å². The van der Waals surface area contributed by atoms with E-state index in [2.05, 4.69) is 16.0 Å². The first kappa shape index (κ1) is 17.8. The van der Waals surface area contributed by atoms with Crippen molar-refractivity contribution in [2.45, 2.75) is 46.3 Å². The Balaban J connectivity index is 2.40. The maximum Gasteiger partial charge on any atom is 0.407 e. The Kier molecular flexibility index (Phi) is 6.22. The molecule has 1 atom stereocenters. The third-order valence-electron chi connectivity index (χ3n) is 2.57. The van der Waals surface area contributed by atoms with Gasteiger partial charge in [0.15, 0.2) is 0 Å². The molecule has 122 valence electrons. The Labute approximate surface area is 131 Å². The molecule has 6 heteroatoms. The molecule has 0 aliphatic heterocycles. The lowest BCUT2D eigenvalue weighted by Crippen LogP contribution is -2.38. The topological polar surface area (TPSA) is 79.5 Å². The summed E-state index contributed by atoms with van der Waals surface area (Å²) in [6, 6.07) is 7.42. The number of amides is 2. The summed E-state index contributed by atoms with van der Waals surface area (Å²) in [4.78, 5) is 22.5. The van der Waals surface area contributed by atoms with Crippen LogP contribution in [-0.2, 0) is 9.53 Å². The minimum Gasteiger partial charge on any atom is -0.444 e. The molecule has 0 radical (unpaired) electrons. The van der Waals surface area contributed by atoms with Crippen LogP contribution in [0.3, 0.4) is 0 Å². The molecular weight excluding hydrogens is 282 g/mol. The number of hydrogen-bond acceptors (Lipinski definition) is 4. The van der Waals surface area contributed by atoms with E-state index in [1.807, 2.05) is 52.0 Å². The van der Waals surface area contributed by atoms with Crippen LogP contribution in [0, 0.1) is 0 Å². The zero-order valence-electron chi connectivity index (χ0n) is 13.8.